The standard InChI is InChI=1S/C23H21NO3S2/c1-17-24(13-8-14-29(25,26)27)22-15-20(18-9-4-2-5-10-18)21(16-23(22)28-17)19-11-6-3-7-12-19/h2-7,9-12,15-16H,8,13-14H2,1H3. The van der Waals surface area contributed by atoms with Gasteiger partial charge in [0.2, 0.25) is 10.5 Å². The summed E-state index contributed by atoms with van der Waals surface area (Å²) in [6, 6.07) is 25.0. The molecule has 0 aliphatic rings. The second-order valence-electron chi connectivity index (χ2n) is 6.99. The van der Waals surface area contributed by atoms with Crippen molar-refractivity contribution >= 4 is 31.7 Å². The summed E-state index contributed by atoms with van der Waals surface area (Å²) in [6.45, 7) is 2.53. The summed E-state index contributed by atoms with van der Waals surface area (Å²) in [4.78, 5) is 0. The first-order valence-electron chi connectivity index (χ1n) is 9.44. The lowest BCUT2D eigenvalue weighted by molar-refractivity contribution is -0.672. The zero-order valence-corrected chi connectivity index (χ0v) is 17.7. The quantitative estimate of drug-likeness (QED) is 0.332. The van der Waals surface area contributed by atoms with E-state index in [1.165, 1.54) is 5.56 Å². The van der Waals surface area contributed by atoms with Crippen molar-refractivity contribution in [1.29, 1.82) is 0 Å². The highest BCUT2D eigenvalue weighted by atomic mass is 32.2. The van der Waals surface area contributed by atoms with E-state index < -0.39 is 10.1 Å². The number of hydrogen-bond acceptors (Lipinski definition) is 4. The third-order valence-electron chi connectivity index (χ3n) is 4.97. The van der Waals surface area contributed by atoms with Crippen LogP contribution in [0.2, 0.25) is 0 Å². The van der Waals surface area contributed by atoms with E-state index >= 15 is 0 Å². The maximum absolute atomic E-state index is 11.0. The second kappa shape index (κ2) is 8.06. The number of benzene rings is 3. The van der Waals surface area contributed by atoms with E-state index in [1.54, 1.807) is 11.3 Å². The normalized spacial score (nSPS) is 11.8. The third-order valence-corrected chi connectivity index (χ3v) is 6.82. The predicted octanol–water partition coefficient (Wildman–Crippen LogP) is 4.77. The van der Waals surface area contributed by atoms with Gasteiger partial charge in [0.05, 0.1) is 10.1 Å². The van der Waals surface area contributed by atoms with Crippen LogP contribution in [-0.2, 0) is 16.7 Å². The molecule has 4 rings (SSSR count). The number of thiazole rings is 1. The van der Waals surface area contributed by atoms with E-state index in [2.05, 4.69) is 41.0 Å². The van der Waals surface area contributed by atoms with Gasteiger partial charge in [-0.15, -0.1) is 0 Å². The molecule has 29 heavy (non-hydrogen) atoms. The number of aryl methyl sites for hydroxylation is 2. The van der Waals surface area contributed by atoms with E-state index in [0.717, 1.165) is 31.9 Å². The van der Waals surface area contributed by atoms with Crippen LogP contribution in [0.15, 0.2) is 72.8 Å². The Hall–Kier alpha value is -2.54. The molecule has 0 saturated carbocycles. The lowest BCUT2D eigenvalue weighted by Crippen LogP contribution is -2.35. The molecule has 1 heterocycles. The topological polar surface area (TPSA) is 61.1 Å². The van der Waals surface area contributed by atoms with Crippen LogP contribution in [0.5, 0.6) is 0 Å². The molecule has 0 bridgehead atoms. The van der Waals surface area contributed by atoms with Gasteiger partial charge in [-0.3, -0.25) is 0 Å². The Kier molecular flexibility index (Phi) is 5.50. The van der Waals surface area contributed by atoms with Gasteiger partial charge in [-0.25, -0.2) is 8.42 Å². The van der Waals surface area contributed by atoms with Crippen molar-refractivity contribution in [1.82, 2.24) is 0 Å². The first-order chi connectivity index (χ1) is 13.9. The van der Waals surface area contributed by atoms with E-state index in [-0.39, 0.29) is 5.75 Å². The smallest absolute Gasteiger partial charge is 0.235 e. The van der Waals surface area contributed by atoms with Gasteiger partial charge in [-0.05, 0) is 28.3 Å². The molecule has 0 amide bonds. The Morgan fingerprint density at radius 1 is 0.897 bits per heavy atom. The highest BCUT2D eigenvalue weighted by Gasteiger charge is 2.21. The van der Waals surface area contributed by atoms with Crippen LogP contribution in [0.3, 0.4) is 0 Å². The molecule has 4 aromatic rings. The molecule has 0 aliphatic carbocycles. The van der Waals surface area contributed by atoms with E-state index in [1.807, 2.05) is 43.3 Å². The van der Waals surface area contributed by atoms with Crippen LogP contribution in [0, 0.1) is 6.92 Å². The molecule has 0 spiro atoms. The third kappa shape index (κ3) is 4.40. The fourth-order valence-electron chi connectivity index (χ4n) is 3.64. The summed E-state index contributed by atoms with van der Waals surface area (Å²) in [7, 11) is -4.20. The summed E-state index contributed by atoms with van der Waals surface area (Å²) in [6.07, 6.45) is 0.310. The number of hydrogen-bond donors (Lipinski definition) is 0. The van der Waals surface area contributed by atoms with Crippen molar-refractivity contribution in [2.75, 3.05) is 5.75 Å². The summed E-state index contributed by atoms with van der Waals surface area (Å²) in [5.74, 6) is -0.343. The number of rotatable bonds is 6. The van der Waals surface area contributed by atoms with Gasteiger partial charge < -0.3 is 4.55 Å². The molecule has 148 valence electrons. The van der Waals surface area contributed by atoms with Gasteiger partial charge >= 0.3 is 0 Å². The van der Waals surface area contributed by atoms with Crippen molar-refractivity contribution < 1.29 is 17.5 Å². The van der Waals surface area contributed by atoms with Gasteiger partial charge in [-0.1, -0.05) is 72.0 Å². The zero-order valence-electron chi connectivity index (χ0n) is 16.0. The van der Waals surface area contributed by atoms with Crippen molar-refractivity contribution in [3.63, 3.8) is 0 Å². The first-order valence-corrected chi connectivity index (χ1v) is 11.8. The van der Waals surface area contributed by atoms with Crippen LogP contribution >= 0.6 is 11.3 Å². The molecule has 6 heteroatoms. The molecule has 0 radical (unpaired) electrons. The van der Waals surface area contributed by atoms with Crippen LogP contribution in [0.4, 0.5) is 0 Å². The Labute approximate surface area is 174 Å². The largest absolute Gasteiger partial charge is 0.748 e. The zero-order chi connectivity index (χ0) is 20.4. The van der Waals surface area contributed by atoms with Crippen molar-refractivity contribution in [2.24, 2.45) is 0 Å². The maximum atomic E-state index is 11.0. The second-order valence-corrected chi connectivity index (χ2v) is 9.74. The molecule has 0 fully saturated rings. The average Bonchev–Trinajstić information content (AvgIpc) is 3.02. The summed E-state index contributed by atoms with van der Waals surface area (Å²) >= 11 is 1.68. The van der Waals surface area contributed by atoms with Crippen LogP contribution in [-0.4, -0.2) is 18.7 Å². The van der Waals surface area contributed by atoms with Gasteiger partial charge in [0.25, 0.3) is 0 Å². The highest BCUT2D eigenvalue weighted by Crippen LogP contribution is 2.36. The highest BCUT2D eigenvalue weighted by molar-refractivity contribution is 7.85. The van der Waals surface area contributed by atoms with Crippen molar-refractivity contribution in [2.45, 2.75) is 19.9 Å². The number of fused-ring (bicyclic) bond motifs is 1. The maximum Gasteiger partial charge on any atom is 0.235 e. The molecule has 1 aromatic heterocycles. The van der Waals surface area contributed by atoms with Crippen LogP contribution in [0.1, 0.15) is 11.4 Å². The Bertz CT molecular complexity index is 1250. The van der Waals surface area contributed by atoms with Gasteiger partial charge in [0.15, 0.2) is 6.54 Å². The summed E-state index contributed by atoms with van der Waals surface area (Å²) in [5, 5.41) is 1.09. The fraction of sp³-hybridized carbons (Fsp3) is 0.174. The van der Waals surface area contributed by atoms with Crippen molar-refractivity contribution in [3.8, 4) is 22.3 Å². The fourth-order valence-corrected chi connectivity index (χ4v) is 5.19. The molecule has 0 atom stereocenters. The molecular weight excluding hydrogens is 402 g/mol. The Balaban J connectivity index is 1.86. The molecule has 0 N–H and O–H groups in total. The lowest BCUT2D eigenvalue weighted by atomic mass is 9.94. The molecule has 0 saturated heterocycles. The lowest BCUT2D eigenvalue weighted by Gasteiger charge is -2.10. The van der Waals surface area contributed by atoms with E-state index in [9.17, 15) is 13.0 Å². The summed E-state index contributed by atoms with van der Waals surface area (Å²) in [5.41, 5.74) is 5.65. The minimum absolute atomic E-state index is 0.310. The van der Waals surface area contributed by atoms with Crippen molar-refractivity contribution in [3.05, 3.63) is 77.8 Å². The minimum Gasteiger partial charge on any atom is -0.748 e. The molecule has 0 unspecified atom stereocenters. The van der Waals surface area contributed by atoms with E-state index in [0.29, 0.717) is 13.0 Å². The molecule has 4 nitrogen and oxygen atoms in total. The monoisotopic (exact) mass is 423 g/mol. The predicted molar refractivity (Wildman–Crippen MR) is 117 cm³/mol. The number of nitrogens with zero attached hydrogens (tertiary/aromatic N) is 1. The Morgan fingerprint density at radius 2 is 1.45 bits per heavy atom. The van der Waals surface area contributed by atoms with Crippen LogP contribution in [0.25, 0.3) is 32.5 Å². The SMILES string of the molecule is Cc1sc2cc(-c3ccccc3)c(-c3ccccc3)cc2[n+]1CCCS(=O)(=O)[O-]. The van der Waals surface area contributed by atoms with Gasteiger partial charge in [0.1, 0.15) is 4.70 Å². The molecular formula is C23H21NO3S2. The first kappa shape index (κ1) is 19.8. The van der Waals surface area contributed by atoms with Crippen LogP contribution < -0.4 is 4.57 Å². The minimum atomic E-state index is -4.20. The van der Waals surface area contributed by atoms with Gasteiger partial charge in [0, 0.05) is 25.2 Å². The molecule has 3 aromatic carbocycles. The van der Waals surface area contributed by atoms with Gasteiger partial charge in [-0.2, -0.15) is 4.57 Å². The van der Waals surface area contributed by atoms with E-state index in [4.69, 9.17) is 0 Å². The number of aromatic nitrogens is 1. The summed E-state index contributed by atoms with van der Waals surface area (Å²) < 4.78 is 36.2. The molecule has 0 aliphatic heterocycles. The average molecular weight is 424 g/mol. The Morgan fingerprint density at radius 3 is 2.00 bits per heavy atom.